The van der Waals surface area contributed by atoms with E-state index in [2.05, 4.69) is 29.6 Å². The molecule has 100 valence electrons. The van der Waals surface area contributed by atoms with Gasteiger partial charge in [0.1, 0.15) is 0 Å². The minimum absolute atomic E-state index is 0.409. The van der Waals surface area contributed by atoms with Crippen LogP contribution in [0, 0.1) is 0 Å². The Morgan fingerprint density at radius 3 is 1.47 bits per heavy atom. The third kappa shape index (κ3) is 4.00. The molecular weight excluding hydrogens is 234 g/mol. The molecule has 0 heterocycles. The highest BCUT2D eigenvalue weighted by Gasteiger charge is 2.08. The van der Waals surface area contributed by atoms with Gasteiger partial charge in [0, 0.05) is 17.4 Å². The molecule has 3 nitrogen and oxygen atoms in total. The Labute approximate surface area is 114 Å². The number of benzene rings is 2. The van der Waals surface area contributed by atoms with E-state index in [0.717, 1.165) is 24.2 Å². The van der Waals surface area contributed by atoms with Gasteiger partial charge in [0.25, 0.3) is 0 Å². The quantitative estimate of drug-likeness (QED) is 0.718. The molecule has 0 saturated heterocycles. The van der Waals surface area contributed by atoms with E-state index < -0.39 is 0 Å². The highest BCUT2D eigenvalue weighted by Crippen LogP contribution is 2.12. The lowest BCUT2D eigenvalue weighted by molar-refractivity contribution is 0.556. The van der Waals surface area contributed by atoms with E-state index in [1.165, 1.54) is 11.1 Å². The van der Waals surface area contributed by atoms with E-state index >= 15 is 0 Å². The van der Waals surface area contributed by atoms with Gasteiger partial charge in [-0.3, -0.25) is 0 Å². The molecule has 0 unspecified atom stereocenters. The fourth-order valence-electron chi connectivity index (χ4n) is 2.15. The van der Waals surface area contributed by atoms with Crippen molar-refractivity contribution in [2.45, 2.75) is 18.9 Å². The van der Waals surface area contributed by atoms with Gasteiger partial charge in [-0.05, 0) is 55.3 Å². The van der Waals surface area contributed by atoms with E-state index in [4.69, 9.17) is 11.5 Å². The Bertz CT molecular complexity index is 455. The minimum atomic E-state index is 0.409. The molecule has 0 saturated carbocycles. The number of nitrogen functional groups attached to an aromatic ring is 2. The Hall–Kier alpha value is -2.00. The maximum Gasteiger partial charge on any atom is 0.0314 e. The average molecular weight is 255 g/mol. The number of hydrogen-bond acceptors (Lipinski definition) is 3. The lowest BCUT2D eigenvalue weighted by Crippen LogP contribution is -2.29. The number of anilines is 2. The van der Waals surface area contributed by atoms with Gasteiger partial charge in [-0.25, -0.2) is 0 Å². The van der Waals surface area contributed by atoms with Crippen LogP contribution in [-0.4, -0.2) is 13.1 Å². The molecule has 19 heavy (non-hydrogen) atoms. The van der Waals surface area contributed by atoms with Crippen molar-refractivity contribution >= 4 is 11.4 Å². The number of rotatable bonds is 5. The third-order valence-corrected chi connectivity index (χ3v) is 3.33. The maximum absolute atomic E-state index is 5.70. The summed E-state index contributed by atoms with van der Waals surface area (Å²) in [6.07, 6.45) is 1.97. The Morgan fingerprint density at radius 2 is 1.16 bits per heavy atom. The molecular formula is C16H21N3. The fourth-order valence-corrected chi connectivity index (χ4v) is 2.15. The van der Waals surface area contributed by atoms with Crippen molar-refractivity contribution < 1.29 is 0 Å². The number of nitrogens with one attached hydrogen (secondary N) is 1. The Kier molecular flexibility index (Phi) is 4.42. The molecule has 3 heteroatoms. The standard InChI is InChI=1S/C16H21N3/c1-19-16(10-12-2-6-14(17)7-3-12)11-13-4-8-15(18)9-5-13/h2-9,16,19H,10-11,17-18H2,1H3. The summed E-state index contributed by atoms with van der Waals surface area (Å²) in [7, 11) is 2.00. The summed E-state index contributed by atoms with van der Waals surface area (Å²) in [6.45, 7) is 0. The van der Waals surface area contributed by atoms with Crippen molar-refractivity contribution in [1.29, 1.82) is 0 Å². The normalized spacial score (nSPS) is 10.8. The molecule has 2 aromatic rings. The lowest BCUT2D eigenvalue weighted by atomic mass is 9.99. The monoisotopic (exact) mass is 255 g/mol. The summed E-state index contributed by atoms with van der Waals surface area (Å²) >= 11 is 0. The highest BCUT2D eigenvalue weighted by molar-refractivity contribution is 5.40. The third-order valence-electron chi connectivity index (χ3n) is 3.33. The second kappa shape index (κ2) is 6.25. The molecule has 0 atom stereocenters. The van der Waals surface area contributed by atoms with Gasteiger partial charge in [0.05, 0.1) is 0 Å². The topological polar surface area (TPSA) is 64.1 Å². The van der Waals surface area contributed by atoms with Gasteiger partial charge in [-0.15, -0.1) is 0 Å². The molecule has 0 aliphatic heterocycles. The van der Waals surface area contributed by atoms with E-state index in [0.29, 0.717) is 6.04 Å². The summed E-state index contributed by atoms with van der Waals surface area (Å²) in [6, 6.07) is 16.6. The first-order valence-corrected chi connectivity index (χ1v) is 6.53. The van der Waals surface area contributed by atoms with Crippen LogP contribution in [0.25, 0.3) is 0 Å². The smallest absolute Gasteiger partial charge is 0.0314 e. The lowest BCUT2D eigenvalue weighted by Gasteiger charge is -2.16. The molecule has 0 radical (unpaired) electrons. The van der Waals surface area contributed by atoms with Crippen molar-refractivity contribution in [3.8, 4) is 0 Å². The van der Waals surface area contributed by atoms with E-state index in [-0.39, 0.29) is 0 Å². The molecule has 0 aliphatic carbocycles. The van der Waals surface area contributed by atoms with E-state index in [1.807, 2.05) is 31.3 Å². The summed E-state index contributed by atoms with van der Waals surface area (Å²) in [4.78, 5) is 0. The van der Waals surface area contributed by atoms with E-state index in [1.54, 1.807) is 0 Å². The van der Waals surface area contributed by atoms with Gasteiger partial charge in [0.15, 0.2) is 0 Å². The fraction of sp³-hybridized carbons (Fsp3) is 0.250. The highest BCUT2D eigenvalue weighted by atomic mass is 14.9. The summed E-state index contributed by atoms with van der Waals surface area (Å²) < 4.78 is 0. The van der Waals surface area contributed by atoms with Crippen LogP contribution in [-0.2, 0) is 12.8 Å². The van der Waals surface area contributed by atoms with Crippen LogP contribution in [0.15, 0.2) is 48.5 Å². The van der Waals surface area contributed by atoms with E-state index in [9.17, 15) is 0 Å². The molecule has 0 fully saturated rings. The first kappa shape index (κ1) is 13.4. The minimum Gasteiger partial charge on any atom is -0.399 e. The van der Waals surface area contributed by atoms with Crippen molar-refractivity contribution in [1.82, 2.24) is 5.32 Å². The van der Waals surface area contributed by atoms with Crippen molar-refractivity contribution in [2.24, 2.45) is 0 Å². The first-order chi connectivity index (χ1) is 9.17. The van der Waals surface area contributed by atoms with Crippen molar-refractivity contribution in [2.75, 3.05) is 18.5 Å². The van der Waals surface area contributed by atoms with Crippen LogP contribution >= 0.6 is 0 Å². The van der Waals surface area contributed by atoms with Gasteiger partial charge < -0.3 is 16.8 Å². The maximum atomic E-state index is 5.70. The zero-order chi connectivity index (χ0) is 13.7. The summed E-state index contributed by atoms with van der Waals surface area (Å²) in [5.74, 6) is 0. The van der Waals surface area contributed by atoms with Crippen molar-refractivity contribution in [3.63, 3.8) is 0 Å². The largest absolute Gasteiger partial charge is 0.399 e. The second-order valence-electron chi connectivity index (χ2n) is 4.88. The Morgan fingerprint density at radius 1 is 0.789 bits per heavy atom. The van der Waals surface area contributed by atoms with Crippen LogP contribution in [0.3, 0.4) is 0 Å². The summed E-state index contributed by atoms with van der Waals surface area (Å²) in [5.41, 5.74) is 15.6. The van der Waals surface area contributed by atoms with Crippen molar-refractivity contribution in [3.05, 3.63) is 59.7 Å². The molecule has 2 aromatic carbocycles. The van der Waals surface area contributed by atoms with Gasteiger partial charge in [-0.1, -0.05) is 24.3 Å². The van der Waals surface area contributed by atoms with Crippen LogP contribution in [0.4, 0.5) is 11.4 Å². The van der Waals surface area contributed by atoms with Crippen LogP contribution in [0.5, 0.6) is 0 Å². The molecule has 0 aromatic heterocycles. The van der Waals surface area contributed by atoms with Gasteiger partial charge in [0.2, 0.25) is 0 Å². The van der Waals surface area contributed by atoms with Gasteiger partial charge >= 0.3 is 0 Å². The van der Waals surface area contributed by atoms with Crippen LogP contribution in [0.1, 0.15) is 11.1 Å². The summed E-state index contributed by atoms with van der Waals surface area (Å²) in [5, 5.41) is 3.37. The molecule has 0 spiro atoms. The molecule has 0 amide bonds. The van der Waals surface area contributed by atoms with Crippen LogP contribution < -0.4 is 16.8 Å². The SMILES string of the molecule is CNC(Cc1ccc(N)cc1)Cc1ccc(N)cc1. The second-order valence-corrected chi connectivity index (χ2v) is 4.88. The average Bonchev–Trinajstić information content (AvgIpc) is 2.43. The molecule has 5 N–H and O–H groups in total. The zero-order valence-corrected chi connectivity index (χ0v) is 11.3. The number of hydrogen-bond donors (Lipinski definition) is 3. The Balaban J connectivity index is 2.00. The molecule has 2 rings (SSSR count). The zero-order valence-electron chi connectivity index (χ0n) is 11.3. The predicted molar refractivity (Wildman–Crippen MR) is 82.0 cm³/mol. The predicted octanol–water partition coefficient (Wildman–Crippen LogP) is 2.22. The van der Waals surface area contributed by atoms with Crippen LogP contribution in [0.2, 0.25) is 0 Å². The number of likely N-dealkylation sites (N-methyl/N-ethyl adjacent to an activating group) is 1. The molecule has 0 bridgehead atoms. The first-order valence-electron chi connectivity index (χ1n) is 6.53. The molecule has 0 aliphatic rings. The number of nitrogens with two attached hydrogens (primary N) is 2. The van der Waals surface area contributed by atoms with Gasteiger partial charge in [-0.2, -0.15) is 0 Å².